The fourth-order valence-electron chi connectivity index (χ4n) is 1.97. The van der Waals surface area contributed by atoms with Crippen LogP contribution in [0, 0.1) is 5.41 Å². The zero-order valence-electron chi connectivity index (χ0n) is 11.2. The van der Waals surface area contributed by atoms with Gasteiger partial charge in [0.15, 0.2) is 11.5 Å². The van der Waals surface area contributed by atoms with Crippen molar-refractivity contribution in [3.8, 4) is 11.5 Å². The van der Waals surface area contributed by atoms with Crippen LogP contribution in [-0.4, -0.2) is 30.8 Å². The first kappa shape index (κ1) is 13.5. The maximum Gasteiger partial charge on any atom is 0.303 e. The van der Waals surface area contributed by atoms with Crippen molar-refractivity contribution in [2.24, 2.45) is 5.41 Å². The van der Waals surface area contributed by atoms with E-state index in [1.807, 2.05) is 32.0 Å². The van der Waals surface area contributed by atoms with Crippen LogP contribution in [0.3, 0.4) is 0 Å². The van der Waals surface area contributed by atoms with Crippen molar-refractivity contribution in [3.05, 3.63) is 18.2 Å². The van der Waals surface area contributed by atoms with Gasteiger partial charge in [-0.15, -0.1) is 0 Å². The predicted octanol–water partition coefficient (Wildman–Crippen LogP) is 2.37. The van der Waals surface area contributed by atoms with E-state index in [1.165, 1.54) is 0 Å². The van der Waals surface area contributed by atoms with Crippen LogP contribution in [0.1, 0.15) is 20.3 Å². The maximum absolute atomic E-state index is 10.8. The van der Waals surface area contributed by atoms with Gasteiger partial charge in [-0.2, -0.15) is 0 Å². The molecule has 0 atom stereocenters. The number of hydrogen-bond donors (Lipinski definition) is 2. The lowest BCUT2D eigenvalue weighted by Gasteiger charge is -2.24. The fourth-order valence-corrected chi connectivity index (χ4v) is 1.97. The minimum Gasteiger partial charge on any atom is -0.486 e. The lowest BCUT2D eigenvalue weighted by Crippen LogP contribution is -2.26. The number of hydrogen-bond acceptors (Lipinski definition) is 4. The number of rotatable bonds is 5. The molecule has 0 saturated carbocycles. The quantitative estimate of drug-likeness (QED) is 0.855. The smallest absolute Gasteiger partial charge is 0.303 e. The normalized spacial score (nSPS) is 14.0. The summed E-state index contributed by atoms with van der Waals surface area (Å²) in [6, 6.07) is 5.65. The summed E-state index contributed by atoms with van der Waals surface area (Å²) in [6.45, 7) is 5.56. The van der Waals surface area contributed by atoms with E-state index < -0.39 is 5.97 Å². The van der Waals surface area contributed by atoms with E-state index in [0.29, 0.717) is 19.8 Å². The molecule has 0 bridgehead atoms. The summed E-state index contributed by atoms with van der Waals surface area (Å²) in [6.07, 6.45) is 0.130. The number of nitrogens with one attached hydrogen (secondary N) is 1. The van der Waals surface area contributed by atoms with Crippen molar-refractivity contribution < 1.29 is 19.4 Å². The minimum atomic E-state index is -0.783. The highest BCUT2D eigenvalue weighted by Gasteiger charge is 2.21. The van der Waals surface area contributed by atoms with E-state index in [2.05, 4.69) is 5.32 Å². The third-order valence-electron chi connectivity index (χ3n) is 2.94. The van der Waals surface area contributed by atoms with E-state index in [4.69, 9.17) is 14.6 Å². The molecule has 0 aliphatic carbocycles. The van der Waals surface area contributed by atoms with Gasteiger partial charge in [-0.25, -0.2) is 0 Å². The van der Waals surface area contributed by atoms with E-state index in [-0.39, 0.29) is 11.8 Å². The van der Waals surface area contributed by atoms with Gasteiger partial charge in [-0.1, -0.05) is 13.8 Å². The maximum atomic E-state index is 10.8. The number of carbonyl (C=O) groups is 1. The third kappa shape index (κ3) is 3.77. The van der Waals surface area contributed by atoms with Crippen LogP contribution in [0.2, 0.25) is 0 Å². The Morgan fingerprint density at radius 3 is 2.68 bits per heavy atom. The molecule has 1 aromatic carbocycles. The Kier molecular flexibility index (Phi) is 3.83. The molecule has 5 heteroatoms. The van der Waals surface area contributed by atoms with Gasteiger partial charge >= 0.3 is 5.97 Å². The molecule has 0 unspecified atom stereocenters. The molecule has 1 aliphatic heterocycles. The van der Waals surface area contributed by atoms with Crippen molar-refractivity contribution in [2.45, 2.75) is 20.3 Å². The lowest BCUT2D eigenvalue weighted by atomic mass is 9.89. The molecule has 1 heterocycles. The van der Waals surface area contributed by atoms with Gasteiger partial charge in [-0.3, -0.25) is 4.79 Å². The van der Waals surface area contributed by atoms with Crippen molar-refractivity contribution in [1.82, 2.24) is 0 Å². The average molecular weight is 265 g/mol. The first-order valence-corrected chi connectivity index (χ1v) is 6.32. The summed E-state index contributed by atoms with van der Waals surface area (Å²) >= 11 is 0. The molecule has 1 aliphatic rings. The Balaban J connectivity index is 1.98. The van der Waals surface area contributed by atoms with Gasteiger partial charge in [0.25, 0.3) is 0 Å². The van der Waals surface area contributed by atoms with E-state index in [9.17, 15) is 4.79 Å². The molecular formula is C14H19NO4. The molecule has 2 N–H and O–H groups in total. The standard InChI is InChI=1S/C14H19NO4/c1-14(2,8-13(16)17)9-15-10-3-4-11-12(7-10)19-6-5-18-11/h3-4,7,15H,5-6,8-9H2,1-2H3,(H,16,17). The van der Waals surface area contributed by atoms with Gasteiger partial charge in [0, 0.05) is 18.3 Å². The number of carboxylic acid groups (broad SMARTS) is 1. The second-order valence-corrected chi connectivity index (χ2v) is 5.45. The van der Waals surface area contributed by atoms with E-state index >= 15 is 0 Å². The molecule has 0 amide bonds. The van der Waals surface area contributed by atoms with E-state index in [1.54, 1.807) is 0 Å². The highest BCUT2D eigenvalue weighted by molar-refractivity contribution is 5.67. The summed E-state index contributed by atoms with van der Waals surface area (Å²) in [5.41, 5.74) is 0.599. The number of anilines is 1. The first-order valence-electron chi connectivity index (χ1n) is 6.32. The van der Waals surface area contributed by atoms with E-state index in [0.717, 1.165) is 17.2 Å². The number of carboxylic acids is 1. The molecule has 0 fully saturated rings. The Labute approximate surface area is 112 Å². The molecule has 0 aromatic heterocycles. The van der Waals surface area contributed by atoms with Crippen LogP contribution in [0.4, 0.5) is 5.69 Å². The Morgan fingerprint density at radius 2 is 2.00 bits per heavy atom. The molecular weight excluding hydrogens is 246 g/mol. The topological polar surface area (TPSA) is 67.8 Å². The summed E-state index contributed by atoms with van der Waals surface area (Å²) < 4.78 is 10.9. The Bertz CT molecular complexity index is 471. The molecule has 19 heavy (non-hydrogen) atoms. The highest BCUT2D eigenvalue weighted by atomic mass is 16.6. The monoisotopic (exact) mass is 265 g/mol. The minimum absolute atomic E-state index is 0.130. The Morgan fingerprint density at radius 1 is 1.32 bits per heavy atom. The van der Waals surface area contributed by atoms with Gasteiger partial charge in [-0.05, 0) is 17.5 Å². The van der Waals surface area contributed by atoms with Crippen LogP contribution >= 0.6 is 0 Å². The predicted molar refractivity (Wildman–Crippen MR) is 72.0 cm³/mol. The van der Waals surface area contributed by atoms with Crippen molar-refractivity contribution in [1.29, 1.82) is 0 Å². The summed E-state index contributed by atoms with van der Waals surface area (Å²) in [4.78, 5) is 10.8. The molecule has 1 aromatic rings. The first-order chi connectivity index (χ1) is 8.96. The molecule has 2 rings (SSSR count). The zero-order chi connectivity index (χ0) is 13.9. The van der Waals surface area contributed by atoms with Crippen LogP contribution in [0.15, 0.2) is 18.2 Å². The van der Waals surface area contributed by atoms with Crippen LogP contribution in [0.25, 0.3) is 0 Å². The van der Waals surface area contributed by atoms with Crippen molar-refractivity contribution >= 4 is 11.7 Å². The van der Waals surface area contributed by atoms with Gasteiger partial charge < -0.3 is 19.9 Å². The number of fused-ring (bicyclic) bond motifs is 1. The fraction of sp³-hybridized carbons (Fsp3) is 0.500. The number of benzene rings is 1. The molecule has 5 nitrogen and oxygen atoms in total. The third-order valence-corrected chi connectivity index (χ3v) is 2.94. The van der Waals surface area contributed by atoms with Gasteiger partial charge in [0.05, 0.1) is 6.42 Å². The van der Waals surface area contributed by atoms with Crippen LogP contribution in [-0.2, 0) is 4.79 Å². The van der Waals surface area contributed by atoms with Gasteiger partial charge in [0.1, 0.15) is 13.2 Å². The average Bonchev–Trinajstić information content (AvgIpc) is 2.35. The molecule has 0 radical (unpaired) electrons. The SMILES string of the molecule is CC(C)(CNc1ccc2c(c1)OCCO2)CC(=O)O. The summed E-state index contributed by atoms with van der Waals surface area (Å²) in [5.74, 6) is 0.697. The molecule has 0 saturated heterocycles. The number of ether oxygens (including phenoxy) is 2. The second kappa shape index (κ2) is 5.38. The van der Waals surface area contributed by atoms with Gasteiger partial charge in [0.2, 0.25) is 0 Å². The van der Waals surface area contributed by atoms with Crippen LogP contribution < -0.4 is 14.8 Å². The summed E-state index contributed by atoms with van der Waals surface area (Å²) in [7, 11) is 0. The highest BCUT2D eigenvalue weighted by Crippen LogP contribution is 2.33. The summed E-state index contributed by atoms with van der Waals surface area (Å²) in [5, 5.41) is 12.1. The molecule has 0 spiro atoms. The number of aliphatic carboxylic acids is 1. The largest absolute Gasteiger partial charge is 0.486 e. The molecule has 104 valence electrons. The second-order valence-electron chi connectivity index (χ2n) is 5.45. The van der Waals surface area contributed by atoms with Crippen molar-refractivity contribution in [3.63, 3.8) is 0 Å². The zero-order valence-corrected chi connectivity index (χ0v) is 11.2. The van der Waals surface area contributed by atoms with Crippen molar-refractivity contribution in [2.75, 3.05) is 25.1 Å². The van der Waals surface area contributed by atoms with Crippen LogP contribution in [0.5, 0.6) is 11.5 Å². The Hall–Kier alpha value is -1.91. The lowest BCUT2D eigenvalue weighted by molar-refractivity contribution is -0.139.